The summed E-state index contributed by atoms with van der Waals surface area (Å²) >= 11 is 0. The molecule has 0 radical (unpaired) electrons. The third-order valence-electron chi connectivity index (χ3n) is 15.4. The van der Waals surface area contributed by atoms with E-state index in [-0.39, 0.29) is 5.41 Å². The summed E-state index contributed by atoms with van der Waals surface area (Å²) in [5.41, 5.74) is 21.6. The molecule has 358 valence electrons. The monoisotopic (exact) mass is 970 g/mol. The number of aromatic nitrogens is 4. The molecule has 2 aromatic heterocycles. The first-order chi connectivity index (χ1) is 37.5. The maximum Gasteiger partial charge on any atom is 0.166 e. The van der Waals surface area contributed by atoms with Crippen molar-refractivity contribution in [2.24, 2.45) is 0 Å². The normalized spacial score (nSPS) is 12.4. The lowest BCUT2D eigenvalue weighted by molar-refractivity contribution is 0.661. The second kappa shape index (κ2) is 18.3. The average molecular weight is 971 g/mol. The Bertz CT molecular complexity index is 4320. The van der Waals surface area contributed by atoms with Crippen LogP contribution in [0.25, 0.3) is 128 Å². The molecule has 4 heteroatoms. The molecule has 1 aliphatic rings. The molecule has 0 bridgehead atoms. The standard InChI is InChI=1S/C72H50N4/c1-72(2)59-42-23-21-40-55(59)57-45-58-56-41-22-24-43-61(56)76(62(58)46-60(57)72)68-66(51-34-17-7-18-35-51)64(49-30-13-5-14-31-49)63(48-28-11-4-12-29-48)65(50-32-15-6-16-33-50)67(68)71-74-69(52-36-19-8-20-37-52)73-70(75-71)54-39-25-38-53(44-54)47-26-9-3-10-27-47/h3-46H,1-2H3. The number of benzene rings is 11. The molecule has 1 aliphatic carbocycles. The van der Waals surface area contributed by atoms with Gasteiger partial charge in [0.25, 0.3) is 0 Å². The molecule has 0 fully saturated rings. The Hall–Kier alpha value is -9.77. The van der Waals surface area contributed by atoms with E-state index in [4.69, 9.17) is 15.0 Å². The minimum atomic E-state index is -0.254. The van der Waals surface area contributed by atoms with E-state index in [0.29, 0.717) is 17.5 Å². The fourth-order valence-electron chi connectivity index (χ4n) is 12.0. The van der Waals surface area contributed by atoms with Crippen molar-refractivity contribution in [3.05, 3.63) is 278 Å². The van der Waals surface area contributed by atoms with Crippen molar-refractivity contribution in [3.8, 4) is 107 Å². The summed E-state index contributed by atoms with van der Waals surface area (Å²) in [6, 6.07) is 96.0. The molecular weight excluding hydrogens is 921 g/mol. The van der Waals surface area contributed by atoms with E-state index in [1.54, 1.807) is 0 Å². The quantitative estimate of drug-likeness (QED) is 0.145. The summed E-state index contributed by atoms with van der Waals surface area (Å²) < 4.78 is 2.55. The Morgan fingerprint density at radius 1 is 0.276 bits per heavy atom. The average Bonchev–Trinajstić information content (AvgIpc) is 3.97. The highest BCUT2D eigenvalue weighted by Gasteiger charge is 2.38. The fourth-order valence-corrected chi connectivity index (χ4v) is 12.0. The van der Waals surface area contributed by atoms with Crippen LogP contribution in [-0.2, 0) is 5.41 Å². The summed E-state index contributed by atoms with van der Waals surface area (Å²) in [7, 11) is 0. The molecular formula is C72H50N4. The molecule has 4 nitrogen and oxygen atoms in total. The van der Waals surface area contributed by atoms with Crippen molar-refractivity contribution in [1.82, 2.24) is 19.5 Å². The highest BCUT2D eigenvalue weighted by Crippen LogP contribution is 2.57. The number of para-hydroxylation sites is 1. The number of rotatable bonds is 9. The summed E-state index contributed by atoms with van der Waals surface area (Å²) in [6.45, 7) is 4.74. The van der Waals surface area contributed by atoms with Gasteiger partial charge in [-0.15, -0.1) is 0 Å². The Labute approximate surface area is 443 Å². The Morgan fingerprint density at radius 2 is 0.711 bits per heavy atom. The summed E-state index contributed by atoms with van der Waals surface area (Å²) in [5.74, 6) is 1.74. The molecule has 13 aromatic rings. The third-order valence-corrected chi connectivity index (χ3v) is 15.4. The van der Waals surface area contributed by atoms with Crippen LogP contribution in [0.2, 0.25) is 0 Å². The minimum Gasteiger partial charge on any atom is -0.308 e. The van der Waals surface area contributed by atoms with Gasteiger partial charge in [-0.25, -0.2) is 15.0 Å². The lowest BCUT2D eigenvalue weighted by Gasteiger charge is -2.29. The Kier molecular flexibility index (Phi) is 10.8. The summed E-state index contributed by atoms with van der Waals surface area (Å²) in [5, 5.41) is 2.35. The first-order valence-electron chi connectivity index (χ1n) is 26.1. The number of hydrogen-bond donors (Lipinski definition) is 0. The van der Waals surface area contributed by atoms with Crippen LogP contribution in [0, 0.1) is 0 Å². The first kappa shape index (κ1) is 44.9. The molecule has 0 N–H and O–H groups in total. The SMILES string of the molecule is CC1(C)c2ccccc2-c2cc3c4ccccc4n(-c4c(-c5ccccc5)c(-c5ccccc5)c(-c5ccccc5)c(-c5ccccc5)c4-c4nc(-c5ccccc5)nc(-c5cccc(-c6ccccc6)c5)n4)c3cc21. The van der Waals surface area contributed by atoms with Crippen molar-refractivity contribution >= 4 is 21.8 Å². The number of fused-ring (bicyclic) bond motifs is 6. The summed E-state index contributed by atoms with van der Waals surface area (Å²) in [4.78, 5) is 16.9. The second-order valence-corrected chi connectivity index (χ2v) is 20.2. The predicted molar refractivity (Wildman–Crippen MR) is 315 cm³/mol. The Morgan fingerprint density at radius 3 is 1.32 bits per heavy atom. The van der Waals surface area contributed by atoms with Crippen LogP contribution in [0.3, 0.4) is 0 Å². The van der Waals surface area contributed by atoms with E-state index in [1.807, 2.05) is 6.07 Å². The van der Waals surface area contributed by atoms with Crippen LogP contribution in [0.5, 0.6) is 0 Å². The van der Waals surface area contributed by atoms with Crippen molar-refractivity contribution in [2.75, 3.05) is 0 Å². The zero-order valence-corrected chi connectivity index (χ0v) is 42.2. The summed E-state index contributed by atoms with van der Waals surface area (Å²) in [6.07, 6.45) is 0. The molecule has 0 atom stereocenters. The maximum absolute atomic E-state index is 5.80. The number of hydrogen-bond acceptors (Lipinski definition) is 3. The van der Waals surface area contributed by atoms with Crippen LogP contribution in [-0.4, -0.2) is 19.5 Å². The molecule has 0 saturated carbocycles. The van der Waals surface area contributed by atoms with E-state index in [1.165, 1.54) is 33.0 Å². The van der Waals surface area contributed by atoms with Gasteiger partial charge in [-0.05, 0) is 85.5 Å². The molecule has 11 aromatic carbocycles. The zero-order valence-electron chi connectivity index (χ0n) is 42.2. The minimum absolute atomic E-state index is 0.254. The van der Waals surface area contributed by atoms with Gasteiger partial charge in [0.2, 0.25) is 0 Å². The van der Waals surface area contributed by atoms with E-state index in [0.717, 1.165) is 89.0 Å². The van der Waals surface area contributed by atoms with Crippen LogP contribution >= 0.6 is 0 Å². The predicted octanol–water partition coefficient (Wildman–Crippen LogP) is 18.6. The van der Waals surface area contributed by atoms with Gasteiger partial charge in [0, 0.05) is 44.0 Å². The van der Waals surface area contributed by atoms with Gasteiger partial charge in [0.05, 0.1) is 22.3 Å². The highest BCUT2D eigenvalue weighted by atomic mass is 15.1. The van der Waals surface area contributed by atoms with Crippen molar-refractivity contribution in [1.29, 1.82) is 0 Å². The molecule has 14 rings (SSSR count). The van der Waals surface area contributed by atoms with Gasteiger partial charge < -0.3 is 4.57 Å². The van der Waals surface area contributed by atoms with Crippen molar-refractivity contribution in [2.45, 2.75) is 19.3 Å². The van der Waals surface area contributed by atoms with Crippen molar-refractivity contribution in [3.63, 3.8) is 0 Å². The molecule has 0 unspecified atom stereocenters. The molecule has 0 spiro atoms. The molecule has 0 aliphatic heterocycles. The van der Waals surface area contributed by atoms with Crippen LogP contribution in [0.1, 0.15) is 25.0 Å². The van der Waals surface area contributed by atoms with Gasteiger partial charge in [-0.1, -0.05) is 257 Å². The van der Waals surface area contributed by atoms with Crippen molar-refractivity contribution < 1.29 is 0 Å². The first-order valence-corrected chi connectivity index (χ1v) is 26.1. The van der Waals surface area contributed by atoms with Gasteiger partial charge in [-0.2, -0.15) is 0 Å². The molecule has 2 heterocycles. The van der Waals surface area contributed by atoms with Crippen LogP contribution < -0.4 is 0 Å². The smallest absolute Gasteiger partial charge is 0.166 e. The topological polar surface area (TPSA) is 43.6 Å². The molecule has 76 heavy (non-hydrogen) atoms. The van der Waals surface area contributed by atoms with Gasteiger partial charge in [0.15, 0.2) is 17.5 Å². The van der Waals surface area contributed by atoms with Gasteiger partial charge in [-0.3, -0.25) is 0 Å². The zero-order chi connectivity index (χ0) is 50.7. The molecule has 0 amide bonds. The van der Waals surface area contributed by atoms with E-state index < -0.39 is 0 Å². The van der Waals surface area contributed by atoms with Gasteiger partial charge in [0.1, 0.15) is 0 Å². The van der Waals surface area contributed by atoms with Crippen LogP contribution in [0.15, 0.2) is 267 Å². The number of nitrogens with zero attached hydrogens (tertiary/aromatic N) is 4. The lowest BCUT2D eigenvalue weighted by atomic mass is 9.78. The second-order valence-electron chi connectivity index (χ2n) is 20.2. The van der Waals surface area contributed by atoms with E-state index in [9.17, 15) is 0 Å². The molecule has 0 saturated heterocycles. The highest BCUT2D eigenvalue weighted by molar-refractivity contribution is 6.17. The largest absolute Gasteiger partial charge is 0.308 e. The lowest BCUT2D eigenvalue weighted by Crippen LogP contribution is -2.15. The van der Waals surface area contributed by atoms with Crippen LogP contribution in [0.4, 0.5) is 0 Å². The fraction of sp³-hybridized carbons (Fsp3) is 0.0417. The third kappa shape index (κ3) is 7.40. The van der Waals surface area contributed by atoms with E-state index in [2.05, 4.69) is 279 Å². The maximum atomic E-state index is 5.80. The Balaban J connectivity index is 1.23. The van der Waals surface area contributed by atoms with Gasteiger partial charge >= 0.3 is 0 Å². The van der Waals surface area contributed by atoms with E-state index >= 15 is 0 Å².